The van der Waals surface area contributed by atoms with Gasteiger partial charge in [-0.05, 0) is 53.1 Å². The van der Waals surface area contributed by atoms with Crippen molar-refractivity contribution in [3.8, 4) is 11.1 Å². The molecule has 1 aromatic heterocycles. The van der Waals surface area contributed by atoms with Crippen molar-refractivity contribution in [2.75, 3.05) is 0 Å². The Kier molecular flexibility index (Phi) is 5.08. The maximum Gasteiger partial charge on any atom is 0.240 e. The Morgan fingerprint density at radius 1 is 0.917 bits per heavy atom. The molecule has 0 saturated carbocycles. The van der Waals surface area contributed by atoms with Gasteiger partial charge in [0, 0.05) is 23.4 Å². The Hall–Kier alpha value is -2.02. The Labute approximate surface area is 149 Å². The Bertz CT molecular complexity index is 944. The SMILES string of the molecule is O=S(=O)(NCc1cccc(-c2ccncc2)c1)c1cccc(Br)c1. The largest absolute Gasteiger partial charge is 0.265 e. The van der Waals surface area contributed by atoms with Crippen LogP contribution in [0.3, 0.4) is 0 Å². The number of hydrogen-bond acceptors (Lipinski definition) is 3. The summed E-state index contributed by atoms with van der Waals surface area (Å²) in [6.07, 6.45) is 3.47. The molecule has 1 N–H and O–H groups in total. The van der Waals surface area contributed by atoms with Gasteiger partial charge in [-0.15, -0.1) is 0 Å². The van der Waals surface area contributed by atoms with Gasteiger partial charge in [0.25, 0.3) is 0 Å². The lowest BCUT2D eigenvalue weighted by atomic mass is 10.0. The highest BCUT2D eigenvalue weighted by Gasteiger charge is 2.13. The summed E-state index contributed by atoms with van der Waals surface area (Å²) >= 11 is 3.29. The molecule has 3 rings (SSSR count). The van der Waals surface area contributed by atoms with Crippen LogP contribution in [0.5, 0.6) is 0 Å². The molecule has 0 fully saturated rings. The number of nitrogens with zero attached hydrogens (tertiary/aromatic N) is 1. The van der Waals surface area contributed by atoms with Gasteiger partial charge in [-0.25, -0.2) is 13.1 Å². The zero-order valence-corrected chi connectivity index (χ0v) is 15.1. The van der Waals surface area contributed by atoms with Crippen molar-refractivity contribution in [2.24, 2.45) is 0 Å². The Morgan fingerprint density at radius 2 is 1.67 bits per heavy atom. The highest BCUT2D eigenvalue weighted by Crippen LogP contribution is 2.20. The van der Waals surface area contributed by atoms with Gasteiger partial charge in [-0.3, -0.25) is 4.98 Å². The van der Waals surface area contributed by atoms with Crippen molar-refractivity contribution in [1.82, 2.24) is 9.71 Å². The molecule has 0 atom stereocenters. The second-order valence-electron chi connectivity index (χ2n) is 5.22. The third-order valence-electron chi connectivity index (χ3n) is 3.51. The first-order valence-electron chi connectivity index (χ1n) is 7.29. The average Bonchev–Trinajstić information content (AvgIpc) is 2.61. The Balaban J connectivity index is 1.78. The van der Waals surface area contributed by atoms with Crippen LogP contribution < -0.4 is 4.72 Å². The van der Waals surface area contributed by atoms with Crippen LogP contribution in [0.1, 0.15) is 5.56 Å². The molecule has 24 heavy (non-hydrogen) atoms. The van der Waals surface area contributed by atoms with Crippen LogP contribution >= 0.6 is 15.9 Å². The highest BCUT2D eigenvalue weighted by atomic mass is 79.9. The summed E-state index contributed by atoms with van der Waals surface area (Å²) in [7, 11) is -3.55. The number of hydrogen-bond donors (Lipinski definition) is 1. The second kappa shape index (κ2) is 7.25. The van der Waals surface area contributed by atoms with Gasteiger partial charge < -0.3 is 0 Å². The summed E-state index contributed by atoms with van der Waals surface area (Å²) in [5.74, 6) is 0. The zero-order valence-electron chi connectivity index (χ0n) is 12.7. The number of aromatic nitrogens is 1. The topological polar surface area (TPSA) is 59.1 Å². The summed E-state index contributed by atoms with van der Waals surface area (Å²) in [6, 6.07) is 18.2. The molecule has 2 aromatic carbocycles. The minimum absolute atomic E-state index is 0.230. The molecule has 0 unspecified atom stereocenters. The predicted octanol–water partition coefficient (Wildman–Crippen LogP) is 3.99. The maximum absolute atomic E-state index is 12.4. The lowest BCUT2D eigenvalue weighted by molar-refractivity contribution is 0.581. The van der Waals surface area contributed by atoms with E-state index in [1.165, 1.54) is 0 Å². The van der Waals surface area contributed by atoms with E-state index in [4.69, 9.17) is 0 Å². The summed E-state index contributed by atoms with van der Waals surface area (Å²) < 4.78 is 28.1. The molecular formula is C18H15BrN2O2S. The van der Waals surface area contributed by atoms with Crippen LogP contribution in [0, 0.1) is 0 Å². The molecule has 0 aliphatic rings. The molecule has 0 spiro atoms. The lowest BCUT2D eigenvalue weighted by Crippen LogP contribution is -2.23. The first kappa shape index (κ1) is 16.8. The van der Waals surface area contributed by atoms with E-state index in [9.17, 15) is 8.42 Å². The smallest absolute Gasteiger partial charge is 0.240 e. The molecule has 1 heterocycles. The van der Waals surface area contributed by atoms with Crippen LogP contribution in [-0.4, -0.2) is 13.4 Å². The minimum Gasteiger partial charge on any atom is -0.265 e. The summed E-state index contributed by atoms with van der Waals surface area (Å²) in [4.78, 5) is 4.25. The fourth-order valence-electron chi connectivity index (χ4n) is 2.30. The number of nitrogens with one attached hydrogen (secondary N) is 1. The second-order valence-corrected chi connectivity index (χ2v) is 7.90. The van der Waals surface area contributed by atoms with Gasteiger partial charge in [0.2, 0.25) is 10.0 Å². The third kappa shape index (κ3) is 4.08. The zero-order chi connectivity index (χ0) is 17.0. The lowest BCUT2D eigenvalue weighted by Gasteiger charge is -2.09. The molecule has 3 aromatic rings. The van der Waals surface area contributed by atoms with Crippen molar-refractivity contribution in [1.29, 1.82) is 0 Å². The molecule has 0 amide bonds. The molecule has 6 heteroatoms. The van der Waals surface area contributed by atoms with Gasteiger partial charge >= 0.3 is 0 Å². The Morgan fingerprint density at radius 3 is 2.42 bits per heavy atom. The number of rotatable bonds is 5. The molecule has 0 saturated heterocycles. The van der Waals surface area contributed by atoms with Crippen LogP contribution in [0.25, 0.3) is 11.1 Å². The summed E-state index contributed by atoms with van der Waals surface area (Å²) in [5, 5.41) is 0. The van der Waals surface area contributed by atoms with Crippen LogP contribution in [0.15, 0.2) is 82.4 Å². The van der Waals surface area contributed by atoms with Crippen molar-refractivity contribution in [2.45, 2.75) is 11.4 Å². The first-order valence-corrected chi connectivity index (χ1v) is 9.57. The molecule has 4 nitrogen and oxygen atoms in total. The summed E-state index contributed by atoms with van der Waals surface area (Å²) in [6.45, 7) is 0.230. The van der Waals surface area contributed by atoms with Crippen molar-refractivity contribution < 1.29 is 8.42 Å². The van der Waals surface area contributed by atoms with E-state index in [1.807, 2.05) is 36.4 Å². The number of halogens is 1. The quantitative estimate of drug-likeness (QED) is 0.701. The van der Waals surface area contributed by atoms with E-state index in [1.54, 1.807) is 36.7 Å². The van der Waals surface area contributed by atoms with E-state index in [2.05, 4.69) is 25.6 Å². The van der Waals surface area contributed by atoms with E-state index in [0.29, 0.717) is 0 Å². The van der Waals surface area contributed by atoms with Crippen molar-refractivity contribution in [3.05, 3.63) is 83.1 Å². The van der Waals surface area contributed by atoms with Crippen LogP contribution in [0.2, 0.25) is 0 Å². The fraction of sp³-hybridized carbons (Fsp3) is 0.0556. The molecule has 0 bridgehead atoms. The van der Waals surface area contributed by atoms with Crippen molar-refractivity contribution in [3.63, 3.8) is 0 Å². The molecule has 0 aliphatic heterocycles. The number of pyridine rings is 1. The maximum atomic E-state index is 12.4. The third-order valence-corrected chi connectivity index (χ3v) is 5.41. The predicted molar refractivity (Wildman–Crippen MR) is 97.8 cm³/mol. The standard InChI is InChI=1S/C18H15BrN2O2S/c19-17-5-2-6-18(12-17)24(22,23)21-13-14-3-1-4-16(11-14)15-7-9-20-10-8-15/h1-12,21H,13H2. The van der Waals surface area contributed by atoms with Gasteiger partial charge in [-0.1, -0.05) is 40.2 Å². The monoisotopic (exact) mass is 402 g/mol. The highest BCUT2D eigenvalue weighted by molar-refractivity contribution is 9.10. The number of benzene rings is 2. The minimum atomic E-state index is -3.55. The van der Waals surface area contributed by atoms with Gasteiger partial charge in [0.1, 0.15) is 0 Å². The normalized spacial score (nSPS) is 11.4. The molecule has 122 valence electrons. The fourth-order valence-corrected chi connectivity index (χ4v) is 3.92. The van der Waals surface area contributed by atoms with E-state index in [0.717, 1.165) is 21.2 Å². The molecular weight excluding hydrogens is 388 g/mol. The van der Waals surface area contributed by atoms with Crippen LogP contribution in [-0.2, 0) is 16.6 Å². The van der Waals surface area contributed by atoms with Crippen LogP contribution in [0.4, 0.5) is 0 Å². The van der Waals surface area contributed by atoms with E-state index in [-0.39, 0.29) is 11.4 Å². The van der Waals surface area contributed by atoms with E-state index < -0.39 is 10.0 Å². The number of sulfonamides is 1. The average molecular weight is 403 g/mol. The summed E-state index contributed by atoms with van der Waals surface area (Å²) in [5.41, 5.74) is 2.96. The van der Waals surface area contributed by atoms with Gasteiger partial charge in [-0.2, -0.15) is 0 Å². The van der Waals surface area contributed by atoms with Gasteiger partial charge in [0.05, 0.1) is 4.90 Å². The molecule has 0 aliphatic carbocycles. The van der Waals surface area contributed by atoms with Crippen molar-refractivity contribution >= 4 is 26.0 Å². The van der Waals surface area contributed by atoms with E-state index >= 15 is 0 Å². The molecule has 0 radical (unpaired) electrons. The first-order chi connectivity index (χ1) is 11.5. The van der Waals surface area contributed by atoms with Gasteiger partial charge in [0.15, 0.2) is 0 Å².